The number of hydrogen-bond donors (Lipinski definition) is 1. The third kappa shape index (κ3) is 4.21. The molecule has 0 fully saturated rings. The van der Waals surface area contributed by atoms with Gasteiger partial charge in [-0.25, -0.2) is 19.4 Å². The van der Waals surface area contributed by atoms with Crippen LogP contribution in [0.5, 0.6) is 0 Å². The van der Waals surface area contributed by atoms with Gasteiger partial charge in [-0.1, -0.05) is 18.2 Å². The summed E-state index contributed by atoms with van der Waals surface area (Å²) in [4.78, 5) is 28.4. The Bertz CT molecular complexity index is 191. The summed E-state index contributed by atoms with van der Waals surface area (Å²) in [6.45, 7) is 3.04. The molecule has 0 aromatic heterocycles. The maximum atomic E-state index is 10.4. The van der Waals surface area contributed by atoms with Crippen molar-refractivity contribution in [2.45, 2.75) is 0 Å². The van der Waals surface area contributed by atoms with E-state index < -0.39 is 12.1 Å². The number of rotatable bonds is 1. The second-order valence-electron chi connectivity index (χ2n) is 1.40. The lowest BCUT2D eigenvalue weighted by molar-refractivity contribution is -0.226. The summed E-state index contributed by atoms with van der Waals surface area (Å²) in [5.41, 5.74) is 0. The molecule has 1 N–H and O–H groups in total. The molecule has 0 bridgehead atoms. The second-order valence-corrected chi connectivity index (χ2v) is 1.85. The Morgan fingerprint density at radius 3 is 2.36 bits per heavy atom. The fourth-order valence-corrected chi connectivity index (χ4v) is 0.194. The van der Waals surface area contributed by atoms with Crippen LogP contribution in [-0.4, -0.2) is 19.1 Å². The zero-order valence-electron chi connectivity index (χ0n) is 5.72. The van der Waals surface area contributed by atoms with E-state index in [1.807, 2.05) is 5.32 Å². The van der Waals surface area contributed by atoms with Crippen LogP contribution in [0, 0.1) is 0 Å². The van der Waals surface area contributed by atoms with E-state index in [4.69, 9.17) is 11.6 Å². The molecule has 0 aliphatic carbocycles. The lowest BCUT2D eigenvalue weighted by Gasteiger charge is -1.99. The average Bonchev–Trinajstić information content (AvgIpc) is 1.99. The fraction of sp³-hybridized carbons (Fsp3) is 0.200. The van der Waals surface area contributed by atoms with Gasteiger partial charge in [-0.05, 0) is 0 Å². The minimum absolute atomic E-state index is 0.367. The van der Waals surface area contributed by atoms with Crippen LogP contribution in [-0.2, 0) is 14.6 Å². The average molecular weight is 180 g/mol. The van der Waals surface area contributed by atoms with Crippen molar-refractivity contribution in [1.29, 1.82) is 0 Å². The van der Waals surface area contributed by atoms with E-state index in [1.54, 1.807) is 0 Å². The van der Waals surface area contributed by atoms with Crippen molar-refractivity contribution >= 4 is 23.7 Å². The van der Waals surface area contributed by atoms with Gasteiger partial charge < -0.3 is 5.32 Å². The molecule has 6 heteroatoms. The molecular weight excluding hydrogens is 174 g/mol. The van der Waals surface area contributed by atoms with Crippen LogP contribution in [0.3, 0.4) is 0 Å². The molecule has 0 atom stereocenters. The highest BCUT2D eigenvalue weighted by molar-refractivity contribution is 6.40. The number of hydrogen-bond acceptors (Lipinski definition) is 4. The Kier molecular flexibility index (Phi) is 4.05. The Labute approximate surface area is 67.8 Å². The van der Waals surface area contributed by atoms with E-state index in [0.29, 0.717) is 0 Å². The summed E-state index contributed by atoms with van der Waals surface area (Å²) >= 11 is 5.07. The number of carbonyl (C=O) groups is 2. The summed E-state index contributed by atoms with van der Waals surface area (Å²) in [5.74, 6) is -1.00. The van der Waals surface area contributed by atoms with E-state index in [0.717, 1.165) is 0 Å². The van der Waals surface area contributed by atoms with Gasteiger partial charge >= 0.3 is 12.1 Å². The van der Waals surface area contributed by atoms with Crippen LogP contribution in [0.25, 0.3) is 0 Å². The molecule has 0 radical (unpaired) electrons. The quantitative estimate of drug-likeness (QED) is 0.363. The van der Waals surface area contributed by atoms with Crippen molar-refractivity contribution in [3.8, 4) is 0 Å². The molecule has 0 saturated heterocycles. The fourth-order valence-electron chi connectivity index (χ4n) is 0.163. The van der Waals surface area contributed by atoms with E-state index in [2.05, 4.69) is 16.4 Å². The van der Waals surface area contributed by atoms with Crippen molar-refractivity contribution in [2.24, 2.45) is 0 Å². The number of carbonyl (C=O) groups excluding carboxylic acids is 2. The van der Waals surface area contributed by atoms with Crippen molar-refractivity contribution in [1.82, 2.24) is 5.32 Å². The summed E-state index contributed by atoms with van der Waals surface area (Å²) < 4.78 is 0. The Morgan fingerprint density at radius 2 is 2.00 bits per heavy atom. The number of halogens is 1. The first-order valence-corrected chi connectivity index (χ1v) is 2.90. The second kappa shape index (κ2) is 4.56. The SMILES string of the molecule is C=C(Cl)C(=O)OOC(=O)NC. The van der Waals surface area contributed by atoms with Gasteiger partial charge in [-0.15, -0.1) is 0 Å². The van der Waals surface area contributed by atoms with Crippen LogP contribution in [0.2, 0.25) is 0 Å². The van der Waals surface area contributed by atoms with Gasteiger partial charge in [-0.3, -0.25) is 0 Å². The lowest BCUT2D eigenvalue weighted by atomic mass is 10.7. The van der Waals surface area contributed by atoms with Crippen LogP contribution in [0.1, 0.15) is 0 Å². The summed E-state index contributed by atoms with van der Waals surface area (Å²) in [6.07, 6.45) is -0.892. The van der Waals surface area contributed by atoms with Crippen molar-refractivity contribution in [2.75, 3.05) is 7.05 Å². The van der Waals surface area contributed by atoms with Crippen LogP contribution < -0.4 is 5.32 Å². The van der Waals surface area contributed by atoms with Gasteiger partial charge in [0, 0.05) is 7.05 Å². The number of nitrogens with one attached hydrogen (secondary N) is 1. The third-order valence-corrected chi connectivity index (χ3v) is 0.773. The van der Waals surface area contributed by atoms with Gasteiger partial charge in [0.05, 0.1) is 0 Å². The van der Waals surface area contributed by atoms with Gasteiger partial charge in [-0.2, -0.15) is 0 Å². The predicted molar refractivity (Wildman–Crippen MR) is 36.6 cm³/mol. The van der Waals surface area contributed by atoms with Crippen molar-refractivity contribution in [3.05, 3.63) is 11.6 Å². The highest BCUT2D eigenvalue weighted by Gasteiger charge is 2.09. The maximum absolute atomic E-state index is 10.4. The summed E-state index contributed by atoms with van der Waals surface area (Å²) in [7, 11) is 1.31. The van der Waals surface area contributed by atoms with Gasteiger partial charge in [0.25, 0.3) is 0 Å². The molecule has 0 saturated carbocycles. The molecule has 0 rings (SSSR count). The molecule has 0 heterocycles. The first kappa shape index (κ1) is 9.77. The molecule has 0 unspecified atom stereocenters. The molecule has 11 heavy (non-hydrogen) atoms. The molecule has 1 amide bonds. The molecule has 62 valence electrons. The Hall–Kier alpha value is -1.23. The van der Waals surface area contributed by atoms with E-state index >= 15 is 0 Å². The number of amides is 1. The molecule has 0 aliphatic rings. The topological polar surface area (TPSA) is 64.6 Å². The standard InChI is InChI=1S/C5H6ClNO4/c1-3(6)4(8)10-11-5(9)7-2/h1H2,2H3,(H,7,9). The largest absolute Gasteiger partial charge is 0.450 e. The Morgan fingerprint density at radius 1 is 1.45 bits per heavy atom. The lowest BCUT2D eigenvalue weighted by Crippen LogP contribution is -2.21. The summed E-state index contributed by atoms with van der Waals surface area (Å²) in [6, 6.07) is 0. The predicted octanol–water partition coefficient (Wildman–Crippen LogP) is 0.553. The van der Waals surface area contributed by atoms with E-state index in [-0.39, 0.29) is 5.03 Å². The highest BCUT2D eigenvalue weighted by Crippen LogP contribution is 1.99. The zero-order chi connectivity index (χ0) is 8.85. The van der Waals surface area contributed by atoms with Gasteiger partial charge in [0.1, 0.15) is 5.03 Å². The smallest absolute Gasteiger partial charge is 0.321 e. The maximum Gasteiger partial charge on any atom is 0.450 e. The Balaban J connectivity index is 3.63. The van der Waals surface area contributed by atoms with Crippen LogP contribution in [0.15, 0.2) is 11.6 Å². The van der Waals surface area contributed by atoms with Gasteiger partial charge in [0.2, 0.25) is 0 Å². The van der Waals surface area contributed by atoms with Crippen molar-refractivity contribution < 1.29 is 19.4 Å². The first-order chi connectivity index (χ1) is 5.07. The molecule has 0 aromatic rings. The molecule has 5 nitrogen and oxygen atoms in total. The first-order valence-electron chi connectivity index (χ1n) is 2.53. The minimum atomic E-state index is -1.00. The normalized spacial score (nSPS) is 8.18. The van der Waals surface area contributed by atoms with Gasteiger partial charge in [0.15, 0.2) is 0 Å². The molecule has 0 aromatic carbocycles. The van der Waals surface area contributed by atoms with E-state index in [1.165, 1.54) is 7.05 Å². The van der Waals surface area contributed by atoms with E-state index in [9.17, 15) is 9.59 Å². The van der Waals surface area contributed by atoms with Crippen LogP contribution in [0.4, 0.5) is 4.79 Å². The molecule has 0 aliphatic heterocycles. The summed E-state index contributed by atoms with van der Waals surface area (Å²) in [5, 5.41) is 1.68. The monoisotopic (exact) mass is 179 g/mol. The minimum Gasteiger partial charge on any atom is -0.321 e. The van der Waals surface area contributed by atoms with Crippen LogP contribution >= 0.6 is 11.6 Å². The molecular formula is C5H6ClNO4. The zero-order valence-corrected chi connectivity index (χ0v) is 6.47. The van der Waals surface area contributed by atoms with Crippen molar-refractivity contribution in [3.63, 3.8) is 0 Å². The molecule has 0 spiro atoms. The highest BCUT2D eigenvalue weighted by atomic mass is 35.5. The third-order valence-electron chi connectivity index (χ3n) is 0.619.